The number of aliphatic hydroxyl groups excluding tert-OH is 1. The number of rotatable bonds is 5. The quantitative estimate of drug-likeness (QED) is 0.817. The molecule has 4 nitrogen and oxygen atoms in total. The van der Waals surface area contributed by atoms with E-state index in [0.717, 1.165) is 0 Å². The average Bonchev–Trinajstić information content (AvgIpc) is 2.45. The molecule has 1 aromatic heterocycles. The topological polar surface area (TPSA) is 62.2 Å². The zero-order chi connectivity index (χ0) is 15.9. The lowest BCUT2D eigenvalue weighted by atomic mass is 9.81. The summed E-state index contributed by atoms with van der Waals surface area (Å²) in [6.07, 6.45) is 3.54. The molecule has 0 unspecified atom stereocenters. The van der Waals surface area contributed by atoms with Crippen LogP contribution < -0.4 is 5.32 Å². The largest absolute Gasteiger partial charge is 0.395 e. The summed E-state index contributed by atoms with van der Waals surface area (Å²) in [6, 6.07) is 1.67. The van der Waals surface area contributed by atoms with Crippen molar-refractivity contribution in [1.29, 1.82) is 0 Å². The van der Waals surface area contributed by atoms with Crippen molar-refractivity contribution in [1.82, 2.24) is 10.3 Å². The number of hydrogen-bond donors (Lipinski definition) is 2. The van der Waals surface area contributed by atoms with Crippen LogP contribution in [0.1, 0.15) is 50.0 Å². The van der Waals surface area contributed by atoms with E-state index < -0.39 is 0 Å². The summed E-state index contributed by atoms with van der Waals surface area (Å²) in [5.74, 6) is 6.03. The maximum absolute atomic E-state index is 12.3. The molecular weight excluding hydrogens is 264 g/mol. The lowest BCUT2D eigenvalue weighted by Crippen LogP contribution is -2.37. The van der Waals surface area contributed by atoms with Crippen LogP contribution in [0.4, 0.5) is 0 Å². The van der Waals surface area contributed by atoms with Crippen molar-refractivity contribution >= 4 is 5.91 Å². The Morgan fingerprint density at radius 2 is 2.19 bits per heavy atom. The van der Waals surface area contributed by atoms with Crippen LogP contribution >= 0.6 is 0 Å². The van der Waals surface area contributed by atoms with Crippen molar-refractivity contribution in [2.24, 2.45) is 11.3 Å². The number of aliphatic hydroxyl groups is 1. The number of carbonyl (C=O) groups is 1. The second kappa shape index (κ2) is 7.80. The van der Waals surface area contributed by atoms with E-state index in [1.54, 1.807) is 18.5 Å². The van der Waals surface area contributed by atoms with E-state index >= 15 is 0 Å². The lowest BCUT2D eigenvalue weighted by molar-refractivity contribution is 0.0924. The highest BCUT2D eigenvalue weighted by Crippen LogP contribution is 2.24. The van der Waals surface area contributed by atoms with Gasteiger partial charge in [0.2, 0.25) is 0 Å². The summed E-state index contributed by atoms with van der Waals surface area (Å²) < 4.78 is 0. The van der Waals surface area contributed by atoms with Crippen molar-refractivity contribution in [3.63, 3.8) is 0 Å². The van der Waals surface area contributed by atoms with Crippen LogP contribution in [0.25, 0.3) is 0 Å². The number of hydrogen-bond acceptors (Lipinski definition) is 3. The Hall–Kier alpha value is -1.86. The summed E-state index contributed by atoms with van der Waals surface area (Å²) >= 11 is 0. The highest BCUT2D eigenvalue weighted by atomic mass is 16.2. The SMILES string of the molecule is CC(C)C(C)(C)CNC(=O)c1ccncc1C#CCCO. The number of amides is 1. The van der Waals surface area contributed by atoms with E-state index in [2.05, 4.69) is 49.8 Å². The first-order chi connectivity index (χ1) is 9.88. The molecule has 0 aliphatic heterocycles. The Morgan fingerprint density at radius 3 is 2.81 bits per heavy atom. The van der Waals surface area contributed by atoms with E-state index in [0.29, 0.717) is 30.0 Å². The molecule has 0 radical (unpaired) electrons. The van der Waals surface area contributed by atoms with Gasteiger partial charge in [0.25, 0.3) is 5.91 Å². The molecular formula is C17H24N2O2. The smallest absolute Gasteiger partial charge is 0.252 e. The number of pyridine rings is 1. The molecule has 1 heterocycles. The predicted octanol–water partition coefficient (Wildman–Crippen LogP) is 2.23. The van der Waals surface area contributed by atoms with Crippen LogP contribution in [0.15, 0.2) is 18.5 Å². The molecule has 0 atom stereocenters. The molecule has 0 aliphatic rings. The zero-order valence-electron chi connectivity index (χ0n) is 13.2. The Morgan fingerprint density at radius 1 is 1.48 bits per heavy atom. The molecule has 0 fully saturated rings. The van der Waals surface area contributed by atoms with Crippen LogP contribution in [0.2, 0.25) is 0 Å². The van der Waals surface area contributed by atoms with Gasteiger partial charge in [0.15, 0.2) is 0 Å². The van der Waals surface area contributed by atoms with E-state index in [1.165, 1.54) is 0 Å². The fraction of sp³-hybridized carbons (Fsp3) is 0.529. The summed E-state index contributed by atoms with van der Waals surface area (Å²) in [5, 5.41) is 11.7. The van der Waals surface area contributed by atoms with Gasteiger partial charge in [0.05, 0.1) is 17.7 Å². The monoisotopic (exact) mass is 288 g/mol. The van der Waals surface area contributed by atoms with Gasteiger partial charge in [-0.1, -0.05) is 39.5 Å². The van der Waals surface area contributed by atoms with E-state index in [9.17, 15) is 4.79 Å². The fourth-order valence-electron chi connectivity index (χ4n) is 1.51. The standard InChI is InChI=1S/C17H24N2O2/c1-13(2)17(3,4)12-19-16(21)15-8-9-18-11-14(15)7-5-6-10-20/h8-9,11,13,20H,6,10,12H2,1-4H3,(H,19,21). The van der Waals surface area contributed by atoms with Crippen molar-refractivity contribution in [2.75, 3.05) is 13.2 Å². The number of aromatic nitrogens is 1. The van der Waals surface area contributed by atoms with Gasteiger partial charge in [0, 0.05) is 25.4 Å². The number of carbonyl (C=O) groups excluding carboxylic acids is 1. The highest BCUT2D eigenvalue weighted by molar-refractivity contribution is 5.96. The number of nitrogens with one attached hydrogen (secondary N) is 1. The Bertz CT molecular complexity index is 539. The van der Waals surface area contributed by atoms with E-state index in [1.807, 2.05) is 0 Å². The van der Waals surface area contributed by atoms with Gasteiger partial charge in [-0.05, 0) is 17.4 Å². The minimum Gasteiger partial charge on any atom is -0.395 e. The third-order valence-electron chi connectivity index (χ3n) is 3.79. The third kappa shape index (κ3) is 5.20. The highest BCUT2D eigenvalue weighted by Gasteiger charge is 2.23. The van der Waals surface area contributed by atoms with Gasteiger partial charge in [0.1, 0.15) is 0 Å². The van der Waals surface area contributed by atoms with Crippen LogP contribution in [0, 0.1) is 23.2 Å². The van der Waals surface area contributed by atoms with Gasteiger partial charge in [-0.3, -0.25) is 9.78 Å². The third-order valence-corrected chi connectivity index (χ3v) is 3.79. The molecule has 0 saturated carbocycles. The summed E-state index contributed by atoms with van der Waals surface area (Å²) in [4.78, 5) is 16.3. The van der Waals surface area contributed by atoms with Gasteiger partial charge in [-0.15, -0.1) is 0 Å². The first kappa shape index (κ1) is 17.2. The molecule has 0 saturated heterocycles. The van der Waals surface area contributed by atoms with E-state index in [4.69, 9.17) is 5.11 Å². The Kier molecular flexibility index (Phi) is 6.39. The first-order valence-corrected chi connectivity index (χ1v) is 7.20. The molecule has 1 amide bonds. The molecule has 0 aliphatic carbocycles. The van der Waals surface area contributed by atoms with Gasteiger partial charge < -0.3 is 10.4 Å². The summed E-state index contributed by atoms with van der Waals surface area (Å²) in [7, 11) is 0. The Balaban J connectivity index is 2.82. The first-order valence-electron chi connectivity index (χ1n) is 7.20. The summed E-state index contributed by atoms with van der Waals surface area (Å²) in [6.45, 7) is 9.17. The predicted molar refractivity (Wildman–Crippen MR) is 83.8 cm³/mol. The fourth-order valence-corrected chi connectivity index (χ4v) is 1.51. The van der Waals surface area contributed by atoms with Crippen molar-refractivity contribution < 1.29 is 9.90 Å². The van der Waals surface area contributed by atoms with E-state index in [-0.39, 0.29) is 17.9 Å². The Labute approximate surface area is 127 Å². The van der Waals surface area contributed by atoms with Crippen LogP contribution in [0.5, 0.6) is 0 Å². The van der Waals surface area contributed by atoms with Crippen LogP contribution in [0.3, 0.4) is 0 Å². The lowest BCUT2D eigenvalue weighted by Gasteiger charge is -2.29. The molecule has 1 rings (SSSR count). The normalized spacial score (nSPS) is 11.0. The average molecular weight is 288 g/mol. The molecule has 114 valence electrons. The van der Waals surface area contributed by atoms with Gasteiger partial charge >= 0.3 is 0 Å². The minimum absolute atomic E-state index is 0.0113. The van der Waals surface area contributed by atoms with Crippen molar-refractivity contribution in [3.8, 4) is 11.8 Å². The van der Waals surface area contributed by atoms with Gasteiger partial charge in [-0.2, -0.15) is 0 Å². The minimum atomic E-state index is -0.139. The second-order valence-corrected chi connectivity index (χ2v) is 6.02. The number of nitrogens with zero attached hydrogens (tertiary/aromatic N) is 1. The van der Waals surface area contributed by atoms with Crippen molar-refractivity contribution in [2.45, 2.75) is 34.1 Å². The molecule has 0 aromatic carbocycles. The second-order valence-electron chi connectivity index (χ2n) is 6.02. The van der Waals surface area contributed by atoms with Crippen molar-refractivity contribution in [3.05, 3.63) is 29.6 Å². The zero-order valence-corrected chi connectivity index (χ0v) is 13.2. The molecule has 4 heteroatoms. The molecule has 21 heavy (non-hydrogen) atoms. The maximum Gasteiger partial charge on any atom is 0.252 e. The maximum atomic E-state index is 12.3. The molecule has 1 aromatic rings. The van der Waals surface area contributed by atoms with Gasteiger partial charge in [-0.25, -0.2) is 0 Å². The van der Waals surface area contributed by atoms with Crippen LogP contribution in [-0.2, 0) is 0 Å². The molecule has 0 spiro atoms. The molecule has 0 bridgehead atoms. The van der Waals surface area contributed by atoms with Crippen LogP contribution in [-0.4, -0.2) is 29.1 Å². The molecule has 2 N–H and O–H groups in total. The summed E-state index contributed by atoms with van der Waals surface area (Å²) in [5.41, 5.74) is 1.15.